The molecule has 1 N–H and O–H groups in total. The van der Waals surface area contributed by atoms with Crippen LogP contribution in [0.5, 0.6) is 0 Å². The molecule has 1 amide bonds. The number of anilines is 1. The summed E-state index contributed by atoms with van der Waals surface area (Å²) < 4.78 is 2.00. The number of hydrogen-bond acceptors (Lipinski definition) is 3. The molecule has 0 unspecified atom stereocenters. The zero-order valence-electron chi connectivity index (χ0n) is 11.9. The maximum atomic E-state index is 12.2. The van der Waals surface area contributed by atoms with Gasteiger partial charge in [-0.3, -0.25) is 4.79 Å². The van der Waals surface area contributed by atoms with Gasteiger partial charge in [0.25, 0.3) is 5.91 Å². The first kappa shape index (κ1) is 14.1. The number of nitrogens with zero attached hydrogens (tertiary/aromatic N) is 3. The minimum absolute atomic E-state index is 0.0278. The number of benzene rings is 1. The molecule has 5 heteroatoms. The molecule has 106 valence electrons. The number of nitrogens with one attached hydrogen (secondary N) is 1. The van der Waals surface area contributed by atoms with Gasteiger partial charge < -0.3 is 14.8 Å². The average Bonchev–Trinajstić information content (AvgIpc) is 2.96. The van der Waals surface area contributed by atoms with E-state index in [-0.39, 0.29) is 5.91 Å². The van der Waals surface area contributed by atoms with Crippen molar-refractivity contribution in [3.8, 4) is 0 Å². The van der Waals surface area contributed by atoms with Crippen LogP contribution in [0.4, 0.5) is 5.69 Å². The van der Waals surface area contributed by atoms with E-state index in [1.807, 2.05) is 54.0 Å². The summed E-state index contributed by atoms with van der Waals surface area (Å²) >= 11 is 0. The zero-order valence-corrected chi connectivity index (χ0v) is 11.9. The first-order valence-corrected chi connectivity index (χ1v) is 6.69. The van der Waals surface area contributed by atoms with Crippen LogP contribution in [-0.4, -0.2) is 36.1 Å². The quantitative estimate of drug-likeness (QED) is 0.815. The lowest BCUT2D eigenvalue weighted by atomic mass is 10.1. The largest absolute Gasteiger partial charge is 0.377 e. The maximum Gasteiger partial charge on any atom is 0.253 e. The van der Waals surface area contributed by atoms with Gasteiger partial charge in [0.1, 0.15) is 0 Å². The monoisotopic (exact) mass is 272 g/mol. The topological polar surface area (TPSA) is 50.2 Å². The van der Waals surface area contributed by atoms with E-state index >= 15 is 0 Å². The van der Waals surface area contributed by atoms with Gasteiger partial charge in [-0.2, -0.15) is 0 Å². The molecule has 0 bridgehead atoms. The van der Waals surface area contributed by atoms with E-state index in [0.717, 1.165) is 18.7 Å². The molecule has 0 atom stereocenters. The molecule has 0 saturated carbocycles. The van der Waals surface area contributed by atoms with Gasteiger partial charge in [-0.25, -0.2) is 4.98 Å². The van der Waals surface area contributed by atoms with E-state index < -0.39 is 0 Å². The van der Waals surface area contributed by atoms with Gasteiger partial charge in [-0.15, -0.1) is 0 Å². The minimum Gasteiger partial charge on any atom is -0.377 e. The van der Waals surface area contributed by atoms with Crippen LogP contribution >= 0.6 is 0 Å². The molecule has 2 aromatic rings. The fraction of sp³-hybridized carbons (Fsp3) is 0.333. The van der Waals surface area contributed by atoms with Crippen molar-refractivity contribution in [3.05, 3.63) is 48.5 Å². The molecule has 0 aliphatic rings. The van der Waals surface area contributed by atoms with Gasteiger partial charge in [-0.05, 0) is 18.6 Å². The molecule has 0 fully saturated rings. The highest BCUT2D eigenvalue weighted by Gasteiger charge is 2.11. The summed E-state index contributed by atoms with van der Waals surface area (Å²) in [7, 11) is 3.87. The van der Waals surface area contributed by atoms with Crippen molar-refractivity contribution >= 4 is 11.6 Å². The average molecular weight is 272 g/mol. The van der Waals surface area contributed by atoms with E-state index in [2.05, 4.69) is 10.3 Å². The van der Waals surface area contributed by atoms with Crippen LogP contribution in [0, 0.1) is 0 Å². The van der Waals surface area contributed by atoms with Gasteiger partial charge in [0.15, 0.2) is 0 Å². The highest BCUT2D eigenvalue weighted by molar-refractivity contribution is 5.99. The Kier molecular flexibility index (Phi) is 4.76. The summed E-state index contributed by atoms with van der Waals surface area (Å²) in [6, 6.07) is 7.61. The SMILES string of the molecule is CN(C)c1ccccc1C(=O)NCCCn1ccnc1. The Morgan fingerprint density at radius 2 is 2.15 bits per heavy atom. The molecule has 0 radical (unpaired) electrons. The van der Waals surface area contributed by atoms with Crippen LogP contribution in [0.3, 0.4) is 0 Å². The van der Waals surface area contributed by atoms with Crippen LogP contribution in [0.2, 0.25) is 0 Å². The number of aryl methyl sites for hydroxylation is 1. The Hall–Kier alpha value is -2.30. The van der Waals surface area contributed by atoms with Gasteiger partial charge in [0, 0.05) is 45.3 Å². The summed E-state index contributed by atoms with van der Waals surface area (Å²) in [4.78, 5) is 18.1. The summed E-state index contributed by atoms with van der Waals surface area (Å²) in [5, 5.41) is 2.96. The van der Waals surface area contributed by atoms with Gasteiger partial charge >= 0.3 is 0 Å². The molecule has 1 aromatic carbocycles. The van der Waals surface area contributed by atoms with Gasteiger partial charge in [-0.1, -0.05) is 12.1 Å². The van der Waals surface area contributed by atoms with Crippen molar-refractivity contribution in [2.45, 2.75) is 13.0 Å². The molecule has 0 saturated heterocycles. The van der Waals surface area contributed by atoms with Crippen molar-refractivity contribution in [1.82, 2.24) is 14.9 Å². The third kappa shape index (κ3) is 3.60. The van der Waals surface area contributed by atoms with Crippen LogP contribution in [0.1, 0.15) is 16.8 Å². The standard InChI is InChI=1S/C15H20N4O/c1-18(2)14-7-4-3-6-13(14)15(20)17-8-5-10-19-11-9-16-12-19/h3-4,6-7,9,11-12H,5,8,10H2,1-2H3,(H,17,20). The number of carbonyl (C=O) groups is 1. The zero-order chi connectivity index (χ0) is 14.4. The highest BCUT2D eigenvalue weighted by Crippen LogP contribution is 2.17. The molecule has 5 nitrogen and oxygen atoms in total. The van der Waals surface area contributed by atoms with Crippen molar-refractivity contribution in [3.63, 3.8) is 0 Å². The Morgan fingerprint density at radius 1 is 1.35 bits per heavy atom. The number of hydrogen-bond donors (Lipinski definition) is 1. The van der Waals surface area contributed by atoms with E-state index in [4.69, 9.17) is 0 Å². The molecule has 0 aliphatic heterocycles. The normalized spacial score (nSPS) is 10.3. The van der Waals surface area contributed by atoms with Crippen LogP contribution in [-0.2, 0) is 6.54 Å². The van der Waals surface area contributed by atoms with E-state index in [1.54, 1.807) is 12.5 Å². The number of para-hydroxylation sites is 1. The predicted octanol–water partition coefficient (Wildman–Crippen LogP) is 1.77. The lowest BCUT2D eigenvalue weighted by Crippen LogP contribution is -2.27. The molecule has 1 aromatic heterocycles. The molecule has 0 spiro atoms. The number of rotatable bonds is 6. The van der Waals surface area contributed by atoms with Crippen molar-refractivity contribution < 1.29 is 4.79 Å². The van der Waals surface area contributed by atoms with Crippen LogP contribution in [0.25, 0.3) is 0 Å². The second-order valence-electron chi connectivity index (χ2n) is 4.82. The van der Waals surface area contributed by atoms with E-state index in [1.165, 1.54) is 0 Å². The van der Waals surface area contributed by atoms with Crippen LogP contribution < -0.4 is 10.2 Å². The lowest BCUT2D eigenvalue weighted by molar-refractivity contribution is 0.0953. The summed E-state index contributed by atoms with van der Waals surface area (Å²) in [6.45, 7) is 1.51. The van der Waals surface area contributed by atoms with E-state index in [0.29, 0.717) is 12.1 Å². The first-order valence-electron chi connectivity index (χ1n) is 6.69. The third-order valence-corrected chi connectivity index (χ3v) is 3.07. The summed E-state index contributed by atoms with van der Waals surface area (Å²) in [5.74, 6) is -0.0278. The third-order valence-electron chi connectivity index (χ3n) is 3.07. The number of carbonyl (C=O) groups excluding carboxylic acids is 1. The molecule has 20 heavy (non-hydrogen) atoms. The second kappa shape index (κ2) is 6.75. The second-order valence-corrected chi connectivity index (χ2v) is 4.82. The smallest absolute Gasteiger partial charge is 0.253 e. The van der Waals surface area contributed by atoms with Crippen LogP contribution in [0.15, 0.2) is 43.0 Å². The van der Waals surface area contributed by atoms with E-state index in [9.17, 15) is 4.79 Å². The van der Waals surface area contributed by atoms with Gasteiger partial charge in [0.05, 0.1) is 11.9 Å². The molecule has 1 heterocycles. The van der Waals surface area contributed by atoms with Crippen molar-refractivity contribution in [2.75, 3.05) is 25.5 Å². The fourth-order valence-electron chi connectivity index (χ4n) is 2.03. The Balaban J connectivity index is 1.86. The number of imidazole rings is 1. The van der Waals surface area contributed by atoms with Crippen molar-refractivity contribution in [2.24, 2.45) is 0 Å². The fourth-order valence-corrected chi connectivity index (χ4v) is 2.03. The summed E-state index contributed by atoms with van der Waals surface area (Å²) in [6.07, 6.45) is 6.34. The first-order chi connectivity index (χ1) is 9.68. The predicted molar refractivity (Wildman–Crippen MR) is 79.9 cm³/mol. The van der Waals surface area contributed by atoms with Crippen molar-refractivity contribution in [1.29, 1.82) is 0 Å². The van der Waals surface area contributed by atoms with Gasteiger partial charge in [0.2, 0.25) is 0 Å². The maximum absolute atomic E-state index is 12.2. The Bertz CT molecular complexity index is 549. The molecular formula is C15H20N4O. The Labute approximate surface area is 119 Å². The Morgan fingerprint density at radius 3 is 2.85 bits per heavy atom. The highest BCUT2D eigenvalue weighted by atomic mass is 16.1. The number of amides is 1. The molecular weight excluding hydrogens is 252 g/mol. The molecule has 2 rings (SSSR count). The minimum atomic E-state index is -0.0278. The lowest BCUT2D eigenvalue weighted by Gasteiger charge is -2.16. The molecule has 0 aliphatic carbocycles. The number of aromatic nitrogens is 2. The summed E-state index contributed by atoms with van der Waals surface area (Å²) in [5.41, 5.74) is 1.64.